The number of aromatic nitrogens is 5. The average Bonchev–Trinajstić information content (AvgIpc) is 3.40. The van der Waals surface area contributed by atoms with Crippen LogP contribution in [0.4, 0.5) is 23.5 Å². The lowest BCUT2D eigenvalue weighted by atomic mass is 10.1. The van der Waals surface area contributed by atoms with E-state index in [1.165, 1.54) is 11.7 Å². The van der Waals surface area contributed by atoms with Crippen LogP contribution in [0, 0.1) is 6.92 Å². The molecule has 0 saturated carbocycles. The number of imidazole rings is 1. The number of alkyl halides is 4. The Balaban J connectivity index is 1.43. The Morgan fingerprint density at radius 3 is 2.50 bits per heavy atom. The van der Waals surface area contributed by atoms with Gasteiger partial charge in [-0.25, -0.2) is 27.1 Å². The molecule has 5 rings (SSSR count). The second-order valence-electron chi connectivity index (χ2n) is 8.94. The second kappa shape index (κ2) is 9.92. The van der Waals surface area contributed by atoms with Gasteiger partial charge in [-0.3, -0.25) is 4.90 Å². The van der Waals surface area contributed by atoms with E-state index in [2.05, 4.69) is 20.4 Å². The van der Waals surface area contributed by atoms with Crippen molar-refractivity contribution in [2.24, 2.45) is 0 Å². The third-order valence-corrected chi connectivity index (χ3v) is 6.56. The van der Waals surface area contributed by atoms with Gasteiger partial charge >= 0.3 is 0 Å². The molecule has 1 aliphatic heterocycles. The Morgan fingerprint density at radius 1 is 1.06 bits per heavy atom. The fourth-order valence-electron chi connectivity index (χ4n) is 4.85. The number of hydrogen-bond acceptors (Lipinski definition) is 6. The third-order valence-electron chi connectivity index (χ3n) is 6.56. The molecule has 1 saturated heterocycles. The monoisotopic (exact) mass is 505 g/mol. The normalized spacial score (nSPS) is 15.6. The summed E-state index contributed by atoms with van der Waals surface area (Å²) in [6, 6.07) is 7.48. The Kier molecular flexibility index (Phi) is 6.69. The number of halogens is 4. The molecular formula is C24H27F4N7O. The lowest BCUT2D eigenvalue weighted by molar-refractivity contribution is 0.0769. The molecule has 1 aromatic carbocycles. The van der Waals surface area contributed by atoms with Gasteiger partial charge in [0.2, 0.25) is 11.8 Å². The minimum absolute atomic E-state index is 0.0666. The van der Waals surface area contributed by atoms with Crippen molar-refractivity contribution in [3.05, 3.63) is 36.3 Å². The molecule has 0 amide bonds. The number of hydrogen-bond donors (Lipinski definition) is 1. The van der Waals surface area contributed by atoms with Gasteiger partial charge < -0.3 is 14.6 Å². The summed E-state index contributed by atoms with van der Waals surface area (Å²) in [4.78, 5) is 10.7. The van der Waals surface area contributed by atoms with Gasteiger partial charge in [0.25, 0.3) is 12.9 Å². The van der Waals surface area contributed by atoms with Crippen molar-refractivity contribution in [3.63, 3.8) is 0 Å². The van der Waals surface area contributed by atoms with Crippen LogP contribution in [0.1, 0.15) is 18.7 Å². The van der Waals surface area contributed by atoms with E-state index in [1.54, 1.807) is 22.5 Å². The number of aryl methyl sites for hydroxylation is 1. The zero-order valence-corrected chi connectivity index (χ0v) is 20.0. The van der Waals surface area contributed by atoms with Crippen molar-refractivity contribution in [1.82, 2.24) is 29.0 Å². The zero-order chi connectivity index (χ0) is 25.4. The number of rotatable bonds is 8. The molecule has 3 aromatic heterocycles. The molecule has 0 aliphatic carbocycles. The maximum Gasteiger partial charge on any atom is 0.256 e. The molecule has 0 spiro atoms. The molecular weight excluding hydrogens is 478 g/mol. The minimum Gasteiger partial charge on any atom is -0.479 e. The number of nitrogens with one attached hydrogen (secondary N) is 1. The van der Waals surface area contributed by atoms with E-state index in [4.69, 9.17) is 4.74 Å². The standard InChI is InChI=1S/C24H27F4N7O/c1-14-29-18-4-3-15(11-19(18)34(14)13-21(27)28)17-7-10-35-22(17)23(36-2)31-24(32-35)30-16-5-8-33(9-6-16)12-20(25)26/h3-4,7,10-11,16,20-21H,5-6,8-9,12-13H2,1-2H3,(H,30,32). The first-order valence-electron chi connectivity index (χ1n) is 11.8. The van der Waals surface area contributed by atoms with E-state index in [9.17, 15) is 17.6 Å². The van der Waals surface area contributed by atoms with Gasteiger partial charge in [-0.05, 0) is 43.5 Å². The number of piperidine rings is 1. The summed E-state index contributed by atoms with van der Waals surface area (Å²) in [5.74, 6) is 1.27. The van der Waals surface area contributed by atoms with Crippen molar-refractivity contribution in [2.45, 2.75) is 45.2 Å². The number of anilines is 1. The molecule has 1 N–H and O–H groups in total. The van der Waals surface area contributed by atoms with Gasteiger partial charge in [0.1, 0.15) is 11.3 Å². The highest BCUT2D eigenvalue weighted by Crippen LogP contribution is 2.33. The Morgan fingerprint density at radius 2 is 1.81 bits per heavy atom. The van der Waals surface area contributed by atoms with Crippen LogP contribution in [-0.4, -0.2) is 74.7 Å². The summed E-state index contributed by atoms with van der Waals surface area (Å²) in [5, 5.41) is 7.88. The highest BCUT2D eigenvalue weighted by Gasteiger charge is 2.23. The highest BCUT2D eigenvalue weighted by molar-refractivity contribution is 5.89. The van der Waals surface area contributed by atoms with Gasteiger partial charge in [0.15, 0.2) is 0 Å². The molecule has 0 bridgehead atoms. The molecule has 0 radical (unpaired) electrons. The van der Waals surface area contributed by atoms with Gasteiger partial charge in [0.05, 0.1) is 31.2 Å². The minimum atomic E-state index is -2.49. The van der Waals surface area contributed by atoms with Crippen molar-refractivity contribution >= 4 is 22.5 Å². The largest absolute Gasteiger partial charge is 0.479 e. The van der Waals surface area contributed by atoms with E-state index in [1.807, 2.05) is 24.3 Å². The van der Waals surface area contributed by atoms with Crippen LogP contribution in [0.2, 0.25) is 0 Å². The first kappa shape index (κ1) is 24.3. The molecule has 36 heavy (non-hydrogen) atoms. The number of likely N-dealkylation sites (tertiary alicyclic amines) is 1. The SMILES string of the molecule is COc1nc(NC2CCN(CC(F)F)CC2)nn2ccc(-c3ccc4nc(C)n(CC(F)F)c4c3)c12. The van der Waals surface area contributed by atoms with Gasteiger partial charge in [0, 0.05) is 30.9 Å². The van der Waals surface area contributed by atoms with Crippen molar-refractivity contribution in [3.8, 4) is 17.0 Å². The van der Waals surface area contributed by atoms with Crippen LogP contribution in [0.25, 0.3) is 27.7 Å². The average molecular weight is 506 g/mol. The van der Waals surface area contributed by atoms with Crippen molar-refractivity contribution in [1.29, 1.82) is 0 Å². The van der Waals surface area contributed by atoms with Crippen LogP contribution in [0.5, 0.6) is 5.88 Å². The Labute approximate surface area is 204 Å². The van der Waals surface area contributed by atoms with Crippen LogP contribution in [-0.2, 0) is 6.54 Å². The van der Waals surface area contributed by atoms with Crippen LogP contribution < -0.4 is 10.1 Å². The van der Waals surface area contributed by atoms with Gasteiger partial charge in [-0.1, -0.05) is 6.07 Å². The third kappa shape index (κ3) is 4.81. The topological polar surface area (TPSA) is 72.5 Å². The number of benzene rings is 1. The number of nitrogens with zero attached hydrogens (tertiary/aromatic N) is 6. The molecule has 4 aromatic rings. The summed E-state index contributed by atoms with van der Waals surface area (Å²) in [7, 11) is 1.52. The number of fused-ring (bicyclic) bond motifs is 2. The molecule has 0 atom stereocenters. The Bertz CT molecular complexity index is 1360. The number of methoxy groups -OCH3 is 1. The summed E-state index contributed by atoms with van der Waals surface area (Å²) in [6.45, 7) is 2.25. The summed E-state index contributed by atoms with van der Waals surface area (Å²) >= 11 is 0. The van der Waals surface area contributed by atoms with Crippen LogP contribution in [0.3, 0.4) is 0 Å². The fourth-order valence-corrected chi connectivity index (χ4v) is 4.85. The second-order valence-corrected chi connectivity index (χ2v) is 8.94. The van der Waals surface area contributed by atoms with E-state index >= 15 is 0 Å². The van der Waals surface area contributed by atoms with Crippen molar-refractivity contribution in [2.75, 3.05) is 32.1 Å². The zero-order valence-electron chi connectivity index (χ0n) is 20.0. The molecule has 192 valence electrons. The lowest BCUT2D eigenvalue weighted by Gasteiger charge is -2.32. The van der Waals surface area contributed by atoms with Gasteiger partial charge in [-0.2, -0.15) is 4.98 Å². The van der Waals surface area contributed by atoms with Crippen LogP contribution >= 0.6 is 0 Å². The summed E-state index contributed by atoms with van der Waals surface area (Å²) < 4.78 is 60.3. The smallest absolute Gasteiger partial charge is 0.256 e. The quantitative estimate of drug-likeness (QED) is 0.357. The maximum atomic E-state index is 13.1. The van der Waals surface area contributed by atoms with E-state index in [0.717, 1.165) is 11.1 Å². The lowest BCUT2D eigenvalue weighted by Crippen LogP contribution is -2.41. The van der Waals surface area contributed by atoms with E-state index in [-0.39, 0.29) is 12.6 Å². The van der Waals surface area contributed by atoms with E-state index < -0.39 is 19.4 Å². The first-order chi connectivity index (χ1) is 17.3. The molecule has 12 heteroatoms. The van der Waals surface area contributed by atoms with Crippen LogP contribution in [0.15, 0.2) is 30.5 Å². The Hall–Kier alpha value is -3.41. The molecule has 8 nitrogen and oxygen atoms in total. The molecule has 0 unspecified atom stereocenters. The number of ether oxygens (including phenoxy) is 1. The predicted molar refractivity (Wildman–Crippen MR) is 128 cm³/mol. The summed E-state index contributed by atoms with van der Waals surface area (Å²) in [6.07, 6.45) is -1.62. The van der Waals surface area contributed by atoms with E-state index in [0.29, 0.717) is 60.1 Å². The molecule has 4 heterocycles. The maximum absolute atomic E-state index is 13.1. The summed E-state index contributed by atoms with van der Waals surface area (Å²) in [5.41, 5.74) is 3.51. The first-order valence-corrected chi connectivity index (χ1v) is 11.8. The van der Waals surface area contributed by atoms with Gasteiger partial charge in [-0.15, -0.1) is 5.10 Å². The molecule has 1 aliphatic rings. The highest BCUT2D eigenvalue weighted by atomic mass is 19.3. The van der Waals surface area contributed by atoms with Crippen molar-refractivity contribution < 1.29 is 22.3 Å². The molecule has 1 fully saturated rings. The fraction of sp³-hybridized carbons (Fsp3) is 0.458. The predicted octanol–water partition coefficient (Wildman–Crippen LogP) is 4.47.